The maximum Gasteiger partial charge on any atom is 0.137 e. The van der Waals surface area contributed by atoms with Crippen LogP contribution in [0.15, 0.2) is 29.1 Å². The molecule has 0 aliphatic rings. The molecule has 0 unspecified atom stereocenters. The second kappa shape index (κ2) is 2.88. The van der Waals surface area contributed by atoms with Crippen molar-refractivity contribution in [3.05, 3.63) is 34.7 Å². The molecule has 2 aromatic heterocycles. The maximum atomic E-state index is 5.50. The zero-order chi connectivity index (χ0) is 8.55. The van der Waals surface area contributed by atoms with Crippen LogP contribution in [0.2, 0.25) is 0 Å². The van der Waals surface area contributed by atoms with Gasteiger partial charge in [0, 0.05) is 12.7 Å². The van der Waals surface area contributed by atoms with Crippen molar-refractivity contribution in [1.29, 1.82) is 0 Å². The Bertz CT molecular complexity index is 408. The number of fused-ring (bicyclic) bond motifs is 1. The molecule has 0 amide bonds. The lowest BCUT2D eigenvalue weighted by atomic mass is 10.3. The topological polar surface area (TPSA) is 43.3 Å². The van der Waals surface area contributed by atoms with E-state index in [4.69, 9.17) is 5.73 Å². The molecule has 2 rings (SSSR count). The fraction of sp³-hybridized carbons (Fsp3) is 0.125. The lowest BCUT2D eigenvalue weighted by molar-refractivity contribution is 1.04. The number of pyridine rings is 1. The van der Waals surface area contributed by atoms with Crippen LogP contribution in [0.1, 0.15) is 5.56 Å². The summed E-state index contributed by atoms with van der Waals surface area (Å²) >= 11 is 3.38. The van der Waals surface area contributed by atoms with E-state index in [0.717, 1.165) is 15.8 Å². The molecule has 0 aliphatic heterocycles. The summed E-state index contributed by atoms with van der Waals surface area (Å²) < 4.78 is 2.92. The third-order valence-electron chi connectivity index (χ3n) is 1.77. The number of hydrogen-bond acceptors (Lipinski definition) is 2. The molecule has 0 bridgehead atoms. The molecule has 0 fully saturated rings. The Morgan fingerprint density at radius 1 is 1.58 bits per heavy atom. The standard InChI is InChI=1S/C8H8BrN3/c9-7-5-11-8-3-6(4-10)1-2-12(7)8/h1-3,5H,4,10H2. The first kappa shape index (κ1) is 7.76. The Balaban J connectivity index is 2.69. The predicted molar refractivity (Wildman–Crippen MR) is 50.8 cm³/mol. The van der Waals surface area contributed by atoms with E-state index in [1.165, 1.54) is 0 Å². The molecule has 0 aromatic carbocycles. The molecule has 0 saturated carbocycles. The van der Waals surface area contributed by atoms with E-state index < -0.39 is 0 Å². The van der Waals surface area contributed by atoms with Gasteiger partial charge in [-0.1, -0.05) is 0 Å². The highest BCUT2D eigenvalue weighted by atomic mass is 79.9. The fourth-order valence-corrected chi connectivity index (χ4v) is 1.52. The Morgan fingerprint density at radius 3 is 3.17 bits per heavy atom. The number of nitrogens with zero attached hydrogens (tertiary/aromatic N) is 2. The molecule has 0 radical (unpaired) electrons. The van der Waals surface area contributed by atoms with Gasteiger partial charge in [0.2, 0.25) is 0 Å². The summed E-state index contributed by atoms with van der Waals surface area (Å²) in [4.78, 5) is 4.19. The Hall–Kier alpha value is -0.870. The van der Waals surface area contributed by atoms with Crippen LogP contribution in [0.4, 0.5) is 0 Å². The van der Waals surface area contributed by atoms with Gasteiger partial charge >= 0.3 is 0 Å². The number of halogens is 1. The summed E-state index contributed by atoms with van der Waals surface area (Å²) in [6.07, 6.45) is 3.73. The van der Waals surface area contributed by atoms with Gasteiger partial charge in [-0.15, -0.1) is 0 Å². The van der Waals surface area contributed by atoms with Gasteiger partial charge in [0.05, 0.1) is 6.20 Å². The number of aromatic nitrogens is 2. The van der Waals surface area contributed by atoms with Gasteiger partial charge in [0.1, 0.15) is 10.3 Å². The highest BCUT2D eigenvalue weighted by Crippen LogP contribution is 2.13. The third-order valence-corrected chi connectivity index (χ3v) is 2.36. The summed E-state index contributed by atoms with van der Waals surface area (Å²) in [5.41, 5.74) is 7.52. The van der Waals surface area contributed by atoms with Gasteiger partial charge < -0.3 is 5.73 Å². The lowest BCUT2D eigenvalue weighted by Crippen LogP contribution is -1.97. The van der Waals surface area contributed by atoms with Crippen molar-refractivity contribution in [2.24, 2.45) is 5.73 Å². The minimum atomic E-state index is 0.557. The Morgan fingerprint density at radius 2 is 2.42 bits per heavy atom. The number of nitrogens with two attached hydrogens (primary N) is 1. The van der Waals surface area contributed by atoms with Crippen LogP contribution in [-0.2, 0) is 6.54 Å². The lowest BCUT2D eigenvalue weighted by Gasteiger charge is -1.97. The summed E-state index contributed by atoms with van der Waals surface area (Å²) in [6, 6.07) is 3.96. The fourth-order valence-electron chi connectivity index (χ4n) is 1.12. The average Bonchev–Trinajstić information content (AvgIpc) is 2.47. The molecule has 0 aliphatic carbocycles. The molecule has 0 spiro atoms. The van der Waals surface area contributed by atoms with Crippen molar-refractivity contribution in [3.63, 3.8) is 0 Å². The van der Waals surface area contributed by atoms with Crippen molar-refractivity contribution in [3.8, 4) is 0 Å². The molecule has 0 atom stereocenters. The molecular weight excluding hydrogens is 218 g/mol. The maximum absolute atomic E-state index is 5.50. The van der Waals surface area contributed by atoms with Gasteiger partial charge in [-0.2, -0.15) is 0 Å². The highest BCUT2D eigenvalue weighted by Gasteiger charge is 1.99. The van der Waals surface area contributed by atoms with Crippen LogP contribution in [0, 0.1) is 0 Å². The number of imidazole rings is 1. The minimum Gasteiger partial charge on any atom is -0.326 e. The zero-order valence-electron chi connectivity index (χ0n) is 6.37. The van der Waals surface area contributed by atoms with Gasteiger partial charge in [0.25, 0.3) is 0 Å². The van der Waals surface area contributed by atoms with Crippen LogP contribution >= 0.6 is 15.9 Å². The Labute approximate surface area is 78.3 Å². The molecule has 62 valence electrons. The summed E-state index contributed by atoms with van der Waals surface area (Å²) in [6.45, 7) is 0.557. The van der Waals surface area contributed by atoms with E-state index in [2.05, 4.69) is 20.9 Å². The molecule has 0 saturated heterocycles. The van der Waals surface area contributed by atoms with Crippen molar-refractivity contribution >= 4 is 21.6 Å². The van der Waals surface area contributed by atoms with Crippen LogP contribution in [0.25, 0.3) is 5.65 Å². The number of rotatable bonds is 1. The van der Waals surface area contributed by atoms with Gasteiger partial charge in [-0.05, 0) is 33.6 Å². The van der Waals surface area contributed by atoms with Gasteiger partial charge in [0.15, 0.2) is 0 Å². The van der Waals surface area contributed by atoms with E-state index >= 15 is 0 Å². The zero-order valence-corrected chi connectivity index (χ0v) is 7.95. The molecule has 2 N–H and O–H groups in total. The third kappa shape index (κ3) is 1.13. The van der Waals surface area contributed by atoms with E-state index in [1.807, 2.05) is 22.7 Å². The van der Waals surface area contributed by atoms with Crippen LogP contribution in [0.5, 0.6) is 0 Å². The molecule has 2 heterocycles. The quantitative estimate of drug-likeness (QED) is 0.801. The molecule has 3 nitrogen and oxygen atoms in total. The largest absolute Gasteiger partial charge is 0.326 e. The van der Waals surface area contributed by atoms with E-state index in [9.17, 15) is 0 Å². The van der Waals surface area contributed by atoms with Crippen molar-refractivity contribution in [1.82, 2.24) is 9.38 Å². The van der Waals surface area contributed by atoms with Crippen molar-refractivity contribution in [2.75, 3.05) is 0 Å². The van der Waals surface area contributed by atoms with Crippen LogP contribution < -0.4 is 5.73 Å². The molecule has 4 heteroatoms. The van der Waals surface area contributed by atoms with Crippen molar-refractivity contribution < 1.29 is 0 Å². The normalized spacial score (nSPS) is 10.8. The molecular formula is C8H8BrN3. The van der Waals surface area contributed by atoms with Crippen LogP contribution in [0.3, 0.4) is 0 Å². The van der Waals surface area contributed by atoms with Crippen molar-refractivity contribution in [2.45, 2.75) is 6.54 Å². The predicted octanol–water partition coefficient (Wildman–Crippen LogP) is 1.56. The van der Waals surface area contributed by atoms with E-state index in [-0.39, 0.29) is 0 Å². The summed E-state index contributed by atoms with van der Waals surface area (Å²) in [7, 11) is 0. The number of hydrogen-bond donors (Lipinski definition) is 1. The summed E-state index contributed by atoms with van der Waals surface area (Å²) in [5.74, 6) is 0. The Kier molecular flexibility index (Phi) is 1.86. The monoisotopic (exact) mass is 225 g/mol. The first-order valence-corrected chi connectivity index (χ1v) is 4.42. The first-order chi connectivity index (χ1) is 5.81. The van der Waals surface area contributed by atoms with Gasteiger partial charge in [-0.3, -0.25) is 4.40 Å². The SMILES string of the molecule is NCc1ccn2c(Br)cnc2c1. The van der Waals surface area contributed by atoms with E-state index in [0.29, 0.717) is 6.54 Å². The second-order valence-electron chi connectivity index (χ2n) is 2.55. The average molecular weight is 226 g/mol. The molecule has 2 aromatic rings. The first-order valence-electron chi connectivity index (χ1n) is 3.63. The van der Waals surface area contributed by atoms with Crippen LogP contribution in [-0.4, -0.2) is 9.38 Å². The smallest absolute Gasteiger partial charge is 0.137 e. The van der Waals surface area contributed by atoms with Gasteiger partial charge in [-0.25, -0.2) is 4.98 Å². The second-order valence-corrected chi connectivity index (χ2v) is 3.36. The molecule has 12 heavy (non-hydrogen) atoms. The minimum absolute atomic E-state index is 0.557. The van der Waals surface area contributed by atoms with E-state index in [1.54, 1.807) is 6.20 Å². The highest BCUT2D eigenvalue weighted by molar-refractivity contribution is 9.10. The summed E-state index contributed by atoms with van der Waals surface area (Å²) in [5, 5.41) is 0.